The van der Waals surface area contributed by atoms with E-state index in [1.165, 1.54) is 24.3 Å². The third kappa shape index (κ3) is 5.49. The van der Waals surface area contributed by atoms with E-state index < -0.39 is 28.9 Å². The molecule has 0 saturated carbocycles. The molecule has 4 aromatic rings. The number of anilines is 1. The number of aliphatic imine (C=N–C) groups is 1. The summed E-state index contributed by atoms with van der Waals surface area (Å²) in [6.45, 7) is -0.123. The van der Waals surface area contributed by atoms with Crippen molar-refractivity contribution in [3.05, 3.63) is 121 Å². The summed E-state index contributed by atoms with van der Waals surface area (Å²) in [4.78, 5) is 31.9. The lowest BCUT2D eigenvalue weighted by molar-refractivity contribution is -0.137. The summed E-state index contributed by atoms with van der Waals surface area (Å²) in [5.41, 5.74) is -1.82. The molecule has 4 rings (SSSR count). The molecule has 36 heavy (non-hydrogen) atoms. The van der Waals surface area contributed by atoms with Gasteiger partial charge in [0.15, 0.2) is 0 Å². The highest BCUT2D eigenvalue weighted by Crippen LogP contribution is 2.29. The molecule has 0 bridgehead atoms. The second-order valence-corrected chi connectivity index (χ2v) is 8.06. The molecule has 0 radical (unpaired) electrons. The maximum absolute atomic E-state index is 12.9. The summed E-state index contributed by atoms with van der Waals surface area (Å²) >= 11 is 6.02. The monoisotopic (exact) mass is 514 g/mol. The molecule has 3 N–H and O–H groups in total. The van der Waals surface area contributed by atoms with Gasteiger partial charge in [-0.05, 0) is 48.0 Å². The average molecular weight is 515 g/mol. The average Bonchev–Trinajstić information content (AvgIpc) is 2.82. The maximum atomic E-state index is 12.9. The lowest BCUT2D eigenvalue weighted by Gasteiger charge is -2.15. The van der Waals surface area contributed by atoms with E-state index in [-0.39, 0.29) is 23.6 Å². The number of hydrogen-bond acceptors (Lipinski definition) is 4. The second kappa shape index (κ2) is 10.1. The first kappa shape index (κ1) is 24.8. The van der Waals surface area contributed by atoms with Crippen molar-refractivity contribution in [1.29, 1.82) is 0 Å². The van der Waals surface area contributed by atoms with E-state index in [0.29, 0.717) is 16.3 Å². The number of aromatic hydroxyl groups is 1. The molecule has 7 nitrogen and oxygen atoms in total. The van der Waals surface area contributed by atoms with Crippen LogP contribution in [0.25, 0.3) is 5.69 Å². The molecule has 0 unspecified atom stereocenters. The number of rotatable bonds is 5. The van der Waals surface area contributed by atoms with Gasteiger partial charge in [-0.15, -0.1) is 0 Å². The van der Waals surface area contributed by atoms with Gasteiger partial charge in [-0.2, -0.15) is 13.2 Å². The molecular formula is C25H18ClF3N4O3. The van der Waals surface area contributed by atoms with Gasteiger partial charge >= 0.3 is 11.9 Å². The predicted octanol–water partition coefficient (Wildman–Crippen LogP) is 4.96. The van der Waals surface area contributed by atoms with E-state index in [4.69, 9.17) is 11.6 Å². The molecule has 0 spiro atoms. The highest BCUT2D eigenvalue weighted by molar-refractivity contribution is 6.30. The molecule has 3 aromatic carbocycles. The summed E-state index contributed by atoms with van der Waals surface area (Å²) < 4.78 is 39.5. The van der Waals surface area contributed by atoms with Crippen molar-refractivity contribution in [2.45, 2.75) is 12.7 Å². The number of nitrogens with one attached hydrogen (secondary N) is 2. The van der Waals surface area contributed by atoms with E-state index in [9.17, 15) is 27.9 Å². The largest absolute Gasteiger partial charge is 0.493 e. The molecule has 1 aromatic heterocycles. The van der Waals surface area contributed by atoms with Gasteiger partial charge in [0.25, 0.3) is 5.56 Å². The van der Waals surface area contributed by atoms with Crippen molar-refractivity contribution in [2.24, 2.45) is 4.99 Å². The SMILES string of the molecule is O=c1[nH]c(=O)n(-c2cccc(Cl)c2)c(O)c1C(=NCc1ccc(C(F)(F)F)cc1)Nc1ccccc1. The van der Waals surface area contributed by atoms with Crippen LogP contribution < -0.4 is 16.6 Å². The first-order valence-electron chi connectivity index (χ1n) is 10.5. The summed E-state index contributed by atoms with van der Waals surface area (Å²) in [7, 11) is 0. The van der Waals surface area contributed by atoms with Crippen LogP contribution in [0.2, 0.25) is 5.02 Å². The number of benzene rings is 3. The van der Waals surface area contributed by atoms with Crippen LogP contribution in [0.5, 0.6) is 5.88 Å². The number of nitrogens with zero attached hydrogens (tertiary/aromatic N) is 2. The zero-order valence-electron chi connectivity index (χ0n) is 18.4. The minimum atomic E-state index is -4.48. The van der Waals surface area contributed by atoms with Crippen molar-refractivity contribution in [3.8, 4) is 11.6 Å². The second-order valence-electron chi connectivity index (χ2n) is 7.62. The fourth-order valence-electron chi connectivity index (χ4n) is 3.40. The number of alkyl halides is 3. The van der Waals surface area contributed by atoms with Crippen molar-refractivity contribution in [3.63, 3.8) is 0 Å². The number of halogens is 4. The van der Waals surface area contributed by atoms with Crippen molar-refractivity contribution >= 4 is 23.1 Å². The standard InChI is InChI=1S/C25H18ClF3N4O3/c26-17-5-4-8-19(13-17)33-23(35)20(22(34)32-24(33)36)21(31-18-6-2-1-3-7-18)30-14-15-9-11-16(12-10-15)25(27,28)29/h1-13,35H,14H2,(H,30,31)(H,32,34,36). The lowest BCUT2D eigenvalue weighted by Crippen LogP contribution is -2.35. The van der Waals surface area contributed by atoms with E-state index >= 15 is 0 Å². The number of H-pyrrole nitrogens is 1. The van der Waals surface area contributed by atoms with Gasteiger partial charge in [-0.25, -0.2) is 9.36 Å². The number of aromatic amines is 1. The Kier molecular flexibility index (Phi) is 6.98. The Bertz CT molecular complexity index is 1530. The molecule has 11 heteroatoms. The minimum absolute atomic E-state index is 0.101. The Morgan fingerprint density at radius 1 is 1.00 bits per heavy atom. The first-order chi connectivity index (χ1) is 17.1. The van der Waals surface area contributed by atoms with Crippen LogP contribution in [0.3, 0.4) is 0 Å². The highest BCUT2D eigenvalue weighted by Gasteiger charge is 2.30. The Morgan fingerprint density at radius 2 is 1.69 bits per heavy atom. The molecule has 0 aliphatic carbocycles. The van der Waals surface area contributed by atoms with Crippen LogP contribution >= 0.6 is 11.6 Å². The third-order valence-electron chi connectivity index (χ3n) is 5.13. The topological polar surface area (TPSA) is 99.5 Å². The highest BCUT2D eigenvalue weighted by atomic mass is 35.5. The fraction of sp³-hybridized carbons (Fsp3) is 0.0800. The molecule has 0 aliphatic heterocycles. The first-order valence-corrected chi connectivity index (χ1v) is 10.9. The van der Waals surface area contributed by atoms with Crippen LogP contribution in [0, 0.1) is 0 Å². The van der Waals surface area contributed by atoms with Gasteiger partial charge < -0.3 is 10.4 Å². The van der Waals surface area contributed by atoms with Crippen LogP contribution in [-0.2, 0) is 12.7 Å². The van der Waals surface area contributed by atoms with E-state index in [2.05, 4.69) is 15.3 Å². The number of hydrogen-bond donors (Lipinski definition) is 3. The zero-order valence-corrected chi connectivity index (χ0v) is 19.1. The number of para-hydroxylation sites is 1. The summed E-state index contributed by atoms with van der Waals surface area (Å²) in [5, 5.41) is 14.3. The lowest BCUT2D eigenvalue weighted by atomic mass is 10.1. The zero-order chi connectivity index (χ0) is 25.9. The summed E-state index contributed by atoms with van der Waals surface area (Å²) in [6.07, 6.45) is -4.48. The van der Waals surface area contributed by atoms with Crippen molar-refractivity contribution in [2.75, 3.05) is 5.32 Å². The molecular weight excluding hydrogens is 497 g/mol. The van der Waals surface area contributed by atoms with Crippen molar-refractivity contribution in [1.82, 2.24) is 9.55 Å². The van der Waals surface area contributed by atoms with E-state index in [1.807, 2.05) is 0 Å². The predicted molar refractivity (Wildman–Crippen MR) is 131 cm³/mol. The maximum Gasteiger partial charge on any atom is 0.416 e. The van der Waals surface area contributed by atoms with E-state index in [0.717, 1.165) is 16.7 Å². The molecule has 0 fully saturated rings. The summed E-state index contributed by atoms with van der Waals surface area (Å²) in [6, 6.07) is 19.1. The van der Waals surface area contributed by atoms with Crippen molar-refractivity contribution < 1.29 is 18.3 Å². The number of aromatic nitrogens is 2. The smallest absolute Gasteiger partial charge is 0.416 e. The summed E-state index contributed by atoms with van der Waals surface area (Å²) in [5.74, 6) is -0.795. The fourth-order valence-corrected chi connectivity index (χ4v) is 3.59. The molecule has 0 atom stereocenters. The Balaban J connectivity index is 1.82. The minimum Gasteiger partial charge on any atom is -0.493 e. The van der Waals surface area contributed by atoms with Crippen LogP contribution in [0.4, 0.5) is 18.9 Å². The molecule has 1 heterocycles. The van der Waals surface area contributed by atoms with Gasteiger partial charge in [-0.3, -0.25) is 14.8 Å². The van der Waals surface area contributed by atoms with Gasteiger partial charge in [0, 0.05) is 10.7 Å². The molecule has 0 amide bonds. The normalized spacial score (nSPS) is 11.9. The van der Waals surface area contributed by atoms with E-state index in [1.54, 1.807) is 42.5 Å². The Morgan fingerprint density at radius 3 is 2.33 bits per heavy atom. The van der Waals surface area contributed by atoms with Gasteiger partial charge in [0.05, 0.1) is 17.8 Å². The van der Waals surface area contributed by atoms with Gasteiger partial charge in [0.2, 0.25) is 5.88 Å². The Labute approximate surface area is 207 Å². The molecule has 0 saturated heterocycles. The van der Waals surface area contributed by atoms with Gasteiger partial charge in [0.1, 0.15) is 11.4 Å². The molecule has 184 valence electrons. The number of amidine groups is 1. The van der Waals surface area contributed by atoms with Crippen LogP contribution in [0.15, 0.2) is 93.4 Å². The Hall–Kier alpha value is -4.31. The third-order valence-corrected chi connectivity index (χ3v) is 5.36. The quantitative estimate of drug-likeness (QED) is 0.259. The van der Waals surface area contributed by atoms with Crippen LogP contribution in [0.1, 0.15) is 16.7 Å². The van der Waals surface area contributed by atoms with Gasteiger partial charge in [-0.1, -0.05) is 48.0 Å². The van der Waals surface area contributed by atoms with Crippen LogP contribution in [-0.4, -0.2) is 20.5 Å². The molecule has 0 aliphatic rings.